The van der Waals surface area contributed by atoms with E-state index in [1.54, 1.807) is 6.07 Å². The summed E-state index contributed by atoms with van der Waals surface area (Å²) in [6.45, 7) is 0. The Hall–Kier alpha value is -1.97. The normalized spacial score (nSPS) is 10.4. The molecule has 0 fully saturated rings. The van der Waals surface area contributed by atoms with Crippen LogP contribution in [0.15, 0.2) is 30.3 Å². The minimum atomic E-state index is -1.56. The summed E-state index contributed by atoms with van der Waals surface area (Å²) in [6.07, 6.45) is 1.95. The molecule has 0 saturated heterocycles. The first-order valence-corrected chi connectivity index (χ1v) is 3.81. The van der Waals surface area contributed by atoms with Gasteiger partial charge in [0, 0.05) is 5.56 Å². The van der Waals surface area contributed by atoms with E-state index in [1.165, 1.54) is 18.2 Å². The van der Waals surface area contributed by atoms with E-state index in [-0.39, 0.29) is 5.56 Å². The molecule has 14 heavy (non-hydrogen) atoms. The van der Waals surface area contributed by atoms with E-state index >= 15 is 0 Å². The minimum absolute atomic E-state index is 0.183. The highest BCUT2D eigenvalue weighted by atomic mass is 19.1. The fraction of sp³-hybridized carbons (Fsp3) is 0. The van der Waals surface area contributed by atoms with Crippen LogP contribution >= 0.6 is 0 Å². The monoisotopic (exact) mass is 194 g/mol. The second kappa shape index (κ2) is 4.32. The molecule has 0 heterocycles. The lowest BCUT2D eigenvalue weighted by Crippen LogP contribution is -2.08. The number of carbonyl (C=O) groups is 2. The van der Waals surface area contributed by atoms with E-state index in [1.807, 2.05) is 0 Å². The van der Waals surface area contributed by atoms with Crippen molar-refractivity contribution in [2.75, 3.05) is 0 Å². The summed E-state index contributed by atoms with van der Waals surface area (Å²) in [6, 6.07) is 5.77. The molecule has 3 nitrogen and oxygen atoms in total. The SMILES string of the molecule is O=C(O)C(=O)C=Cc1ccccc1F. The molecular weight excluding hydrogens is 187 g/mol. The van der Waals surface area contributed by atoms with Crippen LogP contribution in [0.4, 0.5) is 4.39 Å². The van der Waals surface area contributed by atoms with Crippen LogP contribution < -0.4 is 0 Å². The van der Waals surface area contributed by atoms with Gasteiger partial charge in [-0.15, -0.1) is 0 Å². The fourth-order valence-corrected chi connectivity index (χ4v) is 0.847. The van der Waals surface area contributed by atoms with Gasteiger partial charge < -0.3 is 5.11 Å². The van der Waals surface area contributed by atoms with Gasteiger partial charge in [0.25, 0.3) is 5.78 Å². The predicted molar refractivity (Wildman–Crippen MR) is 48.1 cm³/mol. The van der Waals surface area contributed by atoms with Gasteiger partial charge in [0.15, 0.2) is 0 Å². The van der Waals surface area contributed by atoms with E-state index in [2.05, 4.69) is 0 Å². The first-order valence-electron chi connectivity index (χ1n) is 3.81. The van der Waals surface area contributed by atoms with Gasteiger partial charge in [0.2, 0.25) is 0 Å². The smallest absolute Gasteiger partial charge is 0.376 e. The molecule has 1 aromatic carbocycles. The van der Waals surface area contributed by atoms with Crippen LogP contribution in [0.1, 0.15) is 5.56 Å². The third-order valence-electron chi connectivity index (χ3n) is 1.53. The molecule has 1 aromatic rings. The summed E-state index contributed by atoms with van der Waals surface area (Å²) in [5.74, 6) is -3.13. The van der Waals surface area contributed by atoms with Crippen molar-refractivity contribution in [2.45, 2.75) is 0 Å². The van der Waals surface area contributed by atoms with Gasteiger partial charge in [-0.2, -0.15) is 0 Å². The zero-order valence-corrected chi connectivity index (χ0v) is 7.11. The number of aliphatic carboxylic acids is 1. The third-order valence-corrected chi connectivity index (χ3v) is 1.53. The number of ketones is 1. The van der Waals surface area contributed by atoms with Crippen LogP contribution in [-0.4, -0.2) is 16.9 Å². The number of carboxylic acid groups (broad SMARTS) is 1. The Labute approximate surface area is 79.5 Å². The van der Waals surface area contributed by atoms with Crippen LogP contribution in [0.5, 0.6) is 0 Å². The van der Waals surface area contributed by atoms with Gasteiger partial charge in [0.05, 0.1) is 0 Å². The van der Waals surface area contributed by atoms with Crippen molar-refractivity contribution in [3.63, 3.8) is 0 Å². The summed E-state index contributed by atoms with van der Waals surface area (Å²) in [5.41, 5.74) is 0.183. The summed E-state index contributed by atoms with van der Waals surface area (Å²) in [5, 5.41) is 8.23. The van der Waals surface area contributed by atoms with Gasteiger partial charge in [-0.3, -0.25) is 4.79 Å². The topological polar surface area (TPSA) is 54.4 Å². The molecule has 72 valence electrons. The number of halogens is 1. The highest BCUT2D eigenvalue weighted by Gasteiger charge is 2.06. The molecule has 0 aromatic heterocycles. The lowest BCUT2D eigenvalue weighted by Gasteiger charge is -1.93. The number of carbonyl (C=O) groups excluding carboxylic acids is 1. The molecular formula is C10H7FO3. The largest absolute Gasteiger partial charge is 0.475 e. The number of hydrogen-bond acceptors (Lipinski definition) is 2. The molecule has 0 amide bonds. The van der Waals surface area contributed by atoms with Gasteiger partial charge >= 0.3 is 5.97 Å². The maximum Gasteiger partial charge on any atom is 0.376 e. The third kappa shape index (κ3) is 2.52. The second-order valence-electron chi connectivity index (χ2n) is 2.52. The van der Waals surface area contributed by atoms with Crippen molar-refractivity contribution in [3.8, 4) is 0 Å². The summed E-state index contributed by atoms with van der Waals surface area (Å²) in [7, 11) is 0. The Kier molecular flexibility index (Phi) is 3.12. The van der Waals surface area contributed by atoms with Crippen LogP contribution in [-0.2, 0) is 9.59 Å². The second-order valence-corrected chi connectivity index (χ2v) is 2.52. The number of rotatable bonds is 3. The standard InChI is InChI=1S/C10H7FO3/c11-8-4-2-1-3-7(8)5-6-9(12)10(13)14/h1-6H,(H,13,14). The Balaban J connectivity index is 2.84. The average molecular weight is 194 g/mol. The van der Waals surface area contributed by atoms with E-state index in [4.69, 9.17) is 5.11 Å². The average Bonchev–Trinajstić information content (AvgIpc) is 2.16. The van der Waals surface area contributed by atoms with Gasteiger partial charge in [-0.1, -0.05) is 18.2 Å². The van der Waals surface area contributed by atoms with Gasteiger partial charge in [0.1, 0.15) is 5.82 Å². The van der Waals surface area contributed by atoms with Crippen molar-refractivity contribution in [1.82, 2.24) is 0 Å². The predicted octanol–water partition coefficient (Wildman–Crippen LogP) is 1.49. The van der Waals surface area contributed by atoms with Crippen LogP contribution in [0, 0.1) is 5.82 Å². The van der Waals surface area contributed by atoms with Crippen molar-refractivity contribution >= 4 is 17.8 Å². The summed E-state index contributed by atoms with van der Waals surface area (Å²) in [4.78, 5) is 20.7. The summed E-state index contributed by atoms with van der Waals surface area (Å²) >= 11 is 0. The first-order chi connectivity index (χ1) is 6.61. The summed E-state index contributed by atoms with van der Waals surface area (Å²) < 4.78 is 12.9. The Morgan fingerprint density at radius 3 is 2.50 bits per heavy atom. The van der Waals surface area contributed by atoms with Crippen LogP contribution in [0.25, 0.3) is 6.08 Å². The molecule has 0 aliphatic carbocycles. The van der Waals surface area contributed by atoms with Crippen molar-refractivity contribution in [3.05, 3.63) is 41.7 Å². The highest BCUT2D eigenvalue weighted by Crippen LogP contribution is 2.07. The van der Waals surface area contributed by atoms with Gasteiger partial charge in [-0.05, 0) is 18.2 Å². The van der Waals surface area contributed by atoms with Crippen molar-refractivity contribution in [2.24, 2.45) is 0 Å². The van der Waals surface area contributed by atoms with E-state index in [0.29, 0.717) is 0 Å². The molecule has 0 aliphatic rings. The van der Waals surface area contributed by atoms with E-state index in [9.17, 15) is 14.0 Å². The Bertz CT molecular complexity index is 396. The molecule has 0 saturated carbocycles. The molecule has 0 bridgehead atoms. The number of benzene rings is 1. The minimum Gasteiger partial charge on any atom is -0.475 e. The lowest BCUT2D eigenvalue weighted by atomic mass is 10.2. The molecule has 0 unspecified atom stereocenters. The zero-order valence-electron chi connectivity index (χ0n) is 7.11. The van der Waals surface area contributed by atoms with Gasteiger partial charge in [-0.25, -0.2) is 9.18 Å². The molecule has 1 N–H and O–H groups in total. The number of carboxylic acids is 1. The first kappa shape index (κ1) is 10.1. The van der Waals surface area contributed by atoms with E-state index < -0.39 is 17.6 Å². The Morgan fingerprint density at radius 1 is 1.29 bits per heavy atom. The number of hydrogen-bond donors (Lipinski definition) is 1. The Morgan fingerprint density at radius 2 is 1.93 bits per heavy atom. The molecule has 0 spiro atoms. The van der Waals surface area contributed by atoms with Crippen LogP contribution in [0.2, 0.25) is 0 Å². The maximum atomic E-state index is 12.9. The lowest BCUT2D eigenvalue weighted by molar-refractivity contribution is -0.146. The van der Waals surface area contributed by atoms with E-state index in [0.717, 1.165) is 12.2 Å². The highest BCUT2D eigenvalue weighted by molar-refractivity contribution is 6.38. The molecule has 4 heteroatoms. The fourth-order valence-electron chi connectivity index (χ4n) is 0.847. The van der Waals surface area contributed by atoms with Crippen molar-refractivity contribution in [1.29, 1.82) is 0 Å². The molecule has 0 radical (unpaired) electrons. The molecule has 0 atom stereocenters. The van der Waals surface area contributed by atoms with Crippen molar-refractivity contribution < 1.29 is 19.1 Å². The molecule has 1 rings (SSSR count). The zero-order chi connectivity index (χ0) is 10.6. The maximum absolute atomic E-state index is 12.9. The van der Waals surface area contributed by atoms with Crippen LogP contribution in [0.3, 0.4) is 0 Å². The molecule has 0 aliphatic heterocycles. The quantitative estimate of drug-likeness (QED) is 0.585.